The minimum absolute atomic E-state index is 0.111. The van der Waals surface area contributed by atoms with E-state index in [0.717, 1.165) is 22.4 Å². The first kappa shape index (κ1) is 39.9. The highest BCUT2D eigenvalue weighted by molar-refractivity contribution is 6.31. The maximum absolute atomic E-state index is 12.1. The second-order valence-electron chi connectivity index (χ2n) is 12.7. The molecule has 0 radical (unpaired) electrons. The zero-order valence-electron chi connectivity index (χ0n) is 30.1. The molecule has 7 rings (SSSR count). The number of ketones is 1. The predicted molar refractivity (Wildman–Crippen MR) is 224 cm³/mol. The molecule has 0 saturated carbocycles. The third kappa shape index (κ3) is 9.43. The van der Waals surface area contributed by atoms with E-state index < -0.39 is 11.2 Å². The highest BCUT2D eigenvalue weighted by Gasteiger charge is 2.38. The monoisotopic (exact) mass is 778 g/mol. The second kappa shape index (κ2) is 17.7. The van der Waals surface area contributed by atoms with Gasteiger partial charge in [0.15, 0.2) is 11.4 Å². The smallest absolute Gasteiger partial charge is 0.290 e. The van der Waals surface area contributed by atoms with Crippen LogP contribution in [0.5, 0.6) is 0 Å². The molecule has 0 aromatic heterocycles. The Morgan fingerprint density at radius 3 is 1.93 bits per heavy atom. The summed E-state index contributed by atoms with van der Waals surface area (Å²) in [7, 11) is 0. The minimum Gasteiger partial charge on any atom is -0.449 e. The van der Waals surface area contributed by atoms with Crippen LogP contribution in [-0.4, -0.2) is 23.5 Å². The maximum atomic E-state index is 12.1. The number of hydrogen-bond acceptors (Lipinski definition) is 6. The average molecular weight is 780 g/mol. The first-order valence-electron chi connectivity index (χ1n) is 17.2. The Kier molecular flexibility index (Phi) is 13.1. The number of ether oxygens (including phenoxy) is 1. The topological polar surface area (TPSA) is 123 Å². The number of fused-ring (bicyclic) bond motifs is 1. The lowest BCUT2D eigenvalue weighted by Gasteiger charge is -2.38. The van der Waals surface area contributed by atoms with E-state index in [1.807, 2.05) is 98.8 Å². The van der Waals surface area contributed by atoms with Gasteiger partial charge < -0.3 is 26.6 Å². The molecule has 0 bridgehead atoms. The van der Waals surface area contributed by atoms with Crippen molar-refractivity contribution in [2.45, 2.75) is 32.0 Å². The van der Waals surface area contributed by atoms with Crippen LogP contribution >= 0.6 is 34.8 Å². The summed E-state index contributed by atoms with van der Waals surface area (Å²) < 4.78 is 6.16. The lowest BCUT2D eigenvalue weighted by Crippen LogP contribution is -2.39. The molecule has 0 saturated heterocycles. The Hall–Kier alpha value is -5.31. The van der Waals surface area contributed by atoms with Gasteiger partial charge in [0, 0.05) is 60.9 Å². The fourth-order valence-electron chi connectivity index (χ4n) is 5.93. The first-order valence-corrected chi connectivity index (χ1v) is 18.3. The molecule has 0 unspecified atom stereocenters. The number of rotatable bonds is 6. The van der Waals surface area contributed by atoms with E-state index in [-0.39, 0.29) is 5.78 Å². The van der Waals surface area contributed by atoms with E-state index in [0.29, 0.717) is 55.7 Å². The van der Waals surface area contributed by atoms with Crippen molar-refractivity contribution in [2.75, 3.05) is 23.3 Å². The first-order chi connectivity index (χ1) is 25.8. The number of benzene rings is 6. The van der Waals surface area contributed by atoms with E-state index >= 15 is 0 Å². The number of nitrogen functional groups attached to an aromatic ring is 2. The molecule has 6 aromatic rings. The molecule has 6 N–H and O–H groups in total. The van der Waals surface area contributed by atoms with Crippen LogP contribution in [0.1, 0.15) is 58.9 Å². The number of aliphatic hydroxyl groups is 1. The van der Waals surface area contributed by atoms with Crippen molar-refractivity contribution in [1.29, 1.82) is 0 Å². The van der Waals surface area contributed by atoms with Crippen LogP contribution in [-0.2, 0) is 15.9 Å². The van der Waals surface area contributed by atoms with Crippen molar-refractivity contribution in [1.82, 2.24) is 0 Å². The highest BCUT2D eigenvalue weighted by atomic mass is 35.5. The molecule has 1 heterocycles. The van der Waals surface area contributed by atoms with Crippen LogP contribution in [0.25, 0.3) is 0 Å². The Bertz CT molecular complexity index is 2230. The summed E-state index contributed by atoms with van der Waals surface area (Å²) in [5.41, 5.74) is 16.4. The quantitative estimate of drug-likeness (QED) is 0.0986. The van der Waals surface area contributed by atoms with Gasteiger partial charge in [-0.05, 0) is 86.5 Å². The van der Waals surface area contributed by atoms with Gasteiger partial charge in [-0.1, -0.05) is 126 Å². The van der Waals surface area contributed by atoms with E-state index in [1.54, 1.807) is 55.5 Å². The summed E-state index contributed by atoms with van der Waals surface area (Å²) in [6, 6.07) is 44.8. The van der Waals surface area contributed by atoms with Crippen molar-refractivity contribution in [3.8, 4) is 0 Å². The van der Waals surface area contributed by atoms with Gasteiger partial charge in [-0.25, -0.2) is 4.99 Å². The molecule has 6 aromatic carbocycles. The molecule has 2 atom stereocenters. The number of anilines is 3. The molecule has 54 heavy (non-hydrogen) atoms. The zero-order valence-corrected chi connectivity index (χ0v) is 32.3. The standard InChI is InChI=1S/C17H17ClN2O.C14H14ClNO.C13H10ClNO/c1-3-19-16-20-15-10-9-13(18)11-14(15)17(2,21-16)12-7-5-4-6-8-12;1-14(17,10-5-3-2-4-6-10)12-9-11(15)7-8-13(12)16;14-10-6-7-12(15)11(8-10)13(16)9-4-2-1-3-5-9/h4-11H,3H2,1-2H3,(H,19,20);2-9,17H,16H2,1H3;1-8H,15H2/t17-;14-;/m10./s1. The number of halogens is 3. The van der Waals surface area contributed by atoms with Gasteiger partial charge in [-0.15, -0.1) is 0 Å². The van der Waals surface area contributed by atoms with Crippen LogP contribution < -0.4 is 16.8 Å². The third-order valence-corrected chi connectivity index (χ3v) is 9.54. The fraction of sp³-hybridized carbons (Fsp3) is 0.136. The Labute approximate surface area is 331 Å². The van der Waals surface area contributed by atoms with Crippen LogP contribution in [0.15, 0.2) is 151 Å². The number of carbonyl (C=O) groups excluding carboxylic acids is 1. The van der Waals surface area contributed by atoms with Crippen LogP contribution in [0.3, 0.4) is 0 Å². The number of nitrogens with one attached hydrogen (secondary N) is 1. The molecule has 1 aliphatic heterocycles. The number of nitrogens with two attached hydrogens (primary N) is 2. The van der Waals surface area contributed by atoms with Crippen molar-refractivity contribution >= 4 is 63.7 Å². The summed E-state index contributed by atoms with van der Waals surface area (Å²) in [5, 5.41) is 15.6. The lowest BCUT2D eigenvalue weighted by molar-refractivity contribution is 0.103. The molecule has 10 heteroatoms. The maximum Gasteiger partial charge on any atom is 0.290 e. The molecule has 1 aliphatic rings. The van der Waals surface area contributed by atoms with Gasteiger partial charge in [0.25, 0.3) is 6.02 Å². The Morgan fingerprint density at radius 2 is 1.30 bits per heavy atom. The van der Waals surface area contributed by atoms with Crippen molar-refractivity contribution < 1.29 is 14.6 Å². The number of hydrogen-bond donors (Lipinski definition) is 4. The second-order valence-corrected chi connectivity index (χ2v) is 14.0. The minimum atomic E-state index is -1.14. The van der Waals surface area contributed by atoms with E-state index in [2.05, 4.69) is 22.4 Å². The van der Waals surface area contributed by atoms with Gasteiger partial charge in [0.1, 0.15) is 5.60 Å². The van der Waals surface area contributed by atoms with Crippen molar-refractivity contribution in [2.24, 2.45) is 4.99 Å². The normalized spacial score (nSPS) is 16.2. The summed E-state index contributed by atoms with van der Waals surface area (Å²) in [6.07, 6.45) is 0. The van der Waals surface area contributed by atoms with E-state index in [1.165, 1.54) is 0 Å². The largest absolute Gasteiger partial charge is 0.449 e. The van der Waals surface area contributed by atoms with Gasteiger partial charge in [-0.3, -0.25) is 4.79 Å². The third-order valence-electron chi connectivity index (χ3n) is 8.84. The molecule has 0 spiro atoms. The molecule has 276 valence electrons. The van der Waals surface area contributed by atoms with Gasteiger partial charge in [0.05, 0.1) is 0 Å². The SMILES string of the molecule is CCN=C1Nc2ccc(Cl)cc2[C@@](C)(c2ccccc2)O1.C[C@](O)(c1ccccc1)c1cc(Cl)ccc1N.Nc1ccc(Cl)cc1C(=O)c1ccccc1. The summed E-state index contributed by atoms with van der Waals surface area (Å²) in [4.78, 5) is 16.5. The number of amidine groups is 1. The van der Waals surface area contributed by atoms with Crippen LogP contribution in [0, 0.1) is 0 Å². The highest BCUT2D eigenvalue weighted by Crippen LogP contribution is 2.42. The predicted octanol–water partition coefficient (Wildman–Crippen LogP) is 10.8. The van der Waals surface area contributed by atoms with Crippen LogP contribution in [0.2, 0.25) is 15.1 Å². The zero-order chi connectivity index (χ0) is 38.9. The summed E-state index contributed by atoms with van der Waals surface area (Å²) >= 11 is 18.0. The van der Waals surface area contributed by atoms with E-state index in [9.17, 15) is 9.90 Å². The Morgan fingerprint density at radius 1 is 0.759 bits per heavy atom. The van der Waals surface area contributed by atoms with Crippen molar-refractivity contribution in [3.63, 3.8) is 0 Å². The molecule has 0 amide bonds. The molecular formula is C44H41Cl3N4O3. The number of nitrogens with zero attached hydrogens (tertiary/aromatic N) is 1. The molecule has 0 aliphatic carbocycles. The van der Waals surface area contributed by atoms with Crippen LogP contribution in [0.4, 0.5) is 17.1 Å². The summed E-state index contributed by atoms with van der Waals surface area (Å²) in [6.45, 7) is 6.40. The molecule has 0 fully saturated rings. The molecule has 7 nitrogen and oxygen atoms in total. The lowest BCUT2D eigenvalue weighted by atomic mass is 9.86. The average Bonchev–Trinajstić information content (AvgIpc) is 3.18. The number of carbonyl (C=O) groups is 1. The number of aliphatic imine (C=N–C) groups is 1. The van der Waals surface area contributed by atoms with Gasteiger partial charge >= 0.3 is 0 Å². The van der Waals surface area contributed by atoms with E-state index in [4.69, 9.17) is 51.0 Å². The molecular weight excluding hydrogens is 739 g/mol. The van der Waals surface area contributed by atoms with Gasteiger partial charge in [0.2, 0.25) is 0 Å². The fourth-order valence-corrected chi connectivity index (χ4v) is 6.45. The van der Waals surface area contributed by atoms with Crippen molar-refractivity contribution in [3.05, 3.63) is 194 Å². The Balaban J connectivity index is 0.000000158. The van der Waals surface area contributed by atoms with Gasteiger partial charge in [-0.2, -0.15) is 0 Å². The summed E-state index contributed by atoms with van der Waals surface area (Å²) in [5.74, 6) is -0.111.